The maximum absolute atomic E-state index is 14.6. The Kier molecular flexibility index (Phi) is 12.5. The molecule has 0 fully saturated rings. The zero-order valence-electron chi connectivity index (χ0n) is 27.1. The Morgan fingerprint density at radius 2 is 1.94 bits per heavy atom. The first-order valence-electron chi connectivity index (χ1n) is 15.3. The van der Waals surface area contributed by atoms with Gasteiger partial charge in [-0.05, 0) is 44.4 Å². The predicted molar refractivity (Wildman–Crippen MR) is 192 cm³/mol. The van der Waals surface area contributed by atoms with Crippen LogP contribution in [-0.2, 0) is 11.0 Å². The predicted octanol–water partition coefficient (Wildman–Crippen LogP) is 7.53. The molecule has 5 aromatic rings. The molecule has 0 saturated carbocycles. The average molecular weight is 718 g/mol. The summed E-state index contributed by atoms with van der Waals surface area (Å²) in [7, 11) is 3.64. The number of rotatable bonds is 14. The molecule has 0 bridgehead atoms. The van der Waals surface area contributed by atoms with Gasteiger partial charge >= 0.3 is 182 Å². The van der Waals surface area contributed by atoms with Crippen LogP contribution < -0.4 is 15.0 Å². The van der Waals surface area contributed by atoms with Crippen LogP contribution in [0.5, 0.6) is 5.75 Å². The molecule has 0 unspecified atom stereocenters. The first-order chi connectivity index (χ1) is 23.7. The van der Waals surface area contributed by atoms with E-state index < -0.39 is 11.8 Å². The van der Waals surface area contributed by atoms with Crippen molar-refractivity contribution in [2.24, 2.45) is 0 Å². The Morgan fingerprint density at radius 3 is 2.67 bits per heavy atom. The monoisotopic (exact) mass is 717 g/mol. The van der Waals surface area contributed by atoms with Crippen LogP contribution in [0.4, 0.5) is 26.3 Å². The van der Waals surface area contributed by atoms with Gasteiger partial charge in [-0.15, -0.1) is 0 Å². The SMILES string of the molecule is Cc1cc(N(CCCC#P=O)c2nc(C(=O)O)c(CCCOc3ccc(C#CCN(C)C)cc3F)s2)nnc1Nc1nc2ccccc2s1. The number of carboxylic acid groups (broad SMARTS) is 1. The molecule has 15 heteroatoms. The number of nitrogens with one attached hydrogen (secondary N) is 1. The molecule has 2 aromatic carbocycles. The van der Waals surface area contributed by atoms with Gasteiger partial charge in [-0.1, -0.05) is 24.0 Å². The van der Waals surface area contributed by atoms with E-state index in [9.17, 15) is 18.9 Å². The van der Waals surface area contributed by atoms with Crippen LogP contribution in [0.2, 0.25) is 0 Å². The minimum atomic E-state index is -1.15. The van der Waals surface area contributed by atoms with E-state index in [0.717, 1.165) is 15.8 Å². The second-order valence-corrected chi connectivity index (χ2v) is 13.7. The Bertz CT molecular complexity index is 2090. The zero-order valence-corrected chi connectivity index (χ0v) is 29.6. The van der Waals surface area contributed by atoms with E-state index >= 15 is 0 Å². The van der Waals surface area contributed by atoms with Crippen molar-refractivity contribution in [1.29, 1.82) is 0 Å². The number of halogens is 1. The van der Waals surface area contributed by atoms with E-state index in [1.807, 2.05) is 56.3 Å². The van der Waals surface area contributed by atoms with E-state index in [2.05, 4.69) is 42.9 Å². The standard InChI is InChI=1S/C34H33FN7O4PS2/c1-22-20-29(39-40-31(22)38-33-36-25-11-4-5-12-27(25)48-33)42(17-6-7-19-47-45)34-37-30(32(43)44)28(49-34)13-9-18-46-26-15-14-23(21-24(26)35)10-8-16-41(2)3/h4-5,11-12,14-15,20-21H,6-7,9,13,16-18H2,1-3H3,(H,43,44)(H,36,38,40). The molecule has 49 heavy (non-hydrogen) atoms. The van der Waals surface area contributed by atoms with Crippen molar-refractivity contribution in [3.63, 3.8) is 0 Å². The number of carbonyl (C=O) groups is 1. The second-order valence-electron chi connectivity index (χ2n) is 11.1. The number of para-hydroxylation sites is 1. The van der Waals surface area contributed by atoms with E-state index in [1.165, 1.54) is 28.7 Å². The summed E-state index contributed by atoms with van der Waals surface area (Å²) in [6.45, 7) is 3.04. The van der Waals surface area contributed by atoms with Crippen molar-refractivity contribution < 1.29 is 23.6 Å². The molecule has 0 aliphatic carbocycles. The molecule has 0 radical (unpaired) electrons. The number of hydrogen-bond acceptors (Lipinski definition) is 12. The van der Waals surface area contributed by atoms with Gasteiger partial charge < -0.3 is 0 Å². The van der Waals surface area contributed by atoms with Crippen LogP contribution in [0.3, 0.4) is 0 Å². The molecule has 11 nitrogen and oxygen atoms in total. The summed E-state index contributed by atoms with van der Waals surface area (Å²) in [5, 5.41) is 23.2. The van der Waals surface area contributed by atoms with E-state index in [-0.39, 0.29) is 26.0 Å². The van der Waals surface area contributed by atoms with Gasteiger partial charge in [0.2, 0.25) is 0 Å². The molecule has 0 aliphatic heterocycles. The summed E-state index contributed by atoms with van der Waals surface area (Å²) in [5.74, 6) is 5.37. The molecule has 3 aromatic heterocycles. The molecule has 3 heterocycles. The molecule has 2 N–H and O–H groups in total. The third kappa shape index (κ3) is 9.72. The van der Waals surface area contributed by atoms with Crippen molar-refractivity contribution in [1.82, 2.24) is 25.1 Å². The van der Waals surface area contributed by atoms with Gasteiger partial charge in [0.15, 0.2) is 11.6 Å². The van der Waals surface area contributed by atoms with Crippen LogP contribution in [0.1, 0.15) is 45.8 Å². The summed E-state index contributed by atoms with van der Waals surface area (Å²) in [4.78, 5) is 25.6. The zero-order chi connectivity index (χ0) is 34.8. The molecule has 5 rings (SSSR count). The number of nitrogens with zero attached hydrogens (tertiary/aromatic N) is 6. The third-order valence-corrected chi connectivity index (χ3v) is 9.43. The summed E-state index contributed by atoms with van der Waals surface area (Å²) < 4.78 is 32.3. The fourth-order valence-corrected chi connectivity index (χ4v) is 6.87. The van der Waals surface area contributed by atoms with Crippen LogP contribution in [0.15, 0.2) is 48.5 Å². The Balaban J connectivity index is 1.30. The summed E-state index contributed by atoms with van der Waals surface area (Å²) >= 11 is 2.75. The fourth-order valence-electron chi connectivity index (χ4n) is 4.63. The molecule has 0 saturated heterocycles. The number of ether oxygens (including phenoxy) is 1. The first-order valence-corrected chi connectivity index (χ1v) is 17.7. The van der Waals surface area contributed by atoms with Gasteiger partial charge in [0, 0.05) is 5.56 Å². The van der Waals surface area contributed by atoms with Crippen LogP contribution >= 0.6 is 30.6 Å². The summed E-state index contributed by atoms with van der Waals surface area (Å²) in [6.07, 6.45) is 1.81. The van der Waals surface area contributed by atoms with Crippen molar-refractivity contribution in [2.75, 3.05) is 44.0 Å². The normalized spacial score (nSPS) is 10.8. The number of aromatic carboxylic acids is 1. The Labute approximate surface area is 292 Å². The molecule has 252 valence electrons. The first kappa shape index (κ1) is 35.7. The summed E-state index contributed by atoms with van der Waals surface area (Å²) in [6, 6.07) is 14.3. The van der Waals surface area contributed by atoms with Crippen LogP contribution in [0, 0.1) is 30.2 Å². The van der Waals surface area contributed by atoms with Crippen LogP contribution in [-0.4, -0.2) is 69.9 Å². The molecular weight excluding hydrogens is 685 g/mol. The molecule has 0 spiro atoms. The van der Waals surface area contributed by atoms with Crippen molar-refractivity contribution >= 4 is 68.7 Å². The van der Waals surface area contributed by atoms with E-state index in [0.29, 0.717) is 71.1 Å². The number of unbranched alkanes of at least 4 members (excludes halogenated alkanes) is 1. The minimum Gasteiger partial charge on any atom is -0.0607 e. The van der Waals surface area contributed by atoms with Gasteiger partial charge in [-0.25, -0.2) is 4.39 Å². The molecule has 0 aliphatic rings. The number of hydrogen-bond donors (Lipinski definition) is 2. The average Bonchev–Trinajstić information content (AvgIpc) is 3.69. The second kappa shape index (κ2) is 17.2. The molecule has 0 amide bonds. The van der Waals surface area contributed by atoms with Gasteiger partial charge in [-0.2, -0.15) is 0 Å². The number of carboxylic acids is 1. The number of aryl methyl sites for hydroxylation is 2. The number of thiazole rings is 2. The molecule has 0 atom stereocenters. The van der Waals surface area contributed by atoms with E-state index in [4.69, 9.17) is 4.74 Å². The Hall–Kier alpha value is -4.63. The number of aromatic nitrogens is 4. The summed E-state index contributed by atoms with van der Waals surface area (Å²) in [5.41, 5.74) is 4.93. The quantitative estimate of drug-likeness (QED) is 0.0671. The fraction of sp³-hybridized carbons (Fsp3) is 0.294. The number of benzene rings is 2. The van der Waals surface area contributed by atoms with Gasteiger partial charge in [-0.3, -0.25) is 4.90 Å². The van der Waals surface area contributed by atoms with Gasteiger partial charge in [0.1, 0.15) is 0 Å². The smallest absolute Gasteiger partial charge is 0.0607 e. The third-order valence-electron chi connectivity index (χ3n) is 6.99. The van der Waals surface area contributed by atoms with E-state index in [1.54, 1.807) is 17.0 Å². The number of anilines is 4. The van der Waals surface area contributed by atoms with Crippen molar-refractivity contribution in [3.05, 3.63) is 76.0 Å². The Morgan fingerprint density at radius 1 is 1.10 bits per heavy atom. The van der Waals surface area contributed by atoms with Crippen molar-refractivity contribution in [3.8, 4) is 23.2 Å². The van der Waals surface area contributed by atoms with Gasteiger partial charge in [0.25, 0.3) is 0 Å². The maximum atomic E-state index is 14.6. The number of fused-ring (bicyclic) bond motifs is 1. The van der Waals surface area contributed by atoms with Crippen molar-refractivity contribution in [2.45, 2.75) is 32.6 Å². The topological polar surface area (TPSA) is 134 Å². The van der Waals surface area contributed by atoms with Gasteiger partial charge in [0.05, 0.1) is 16.8 Å². The molecular formula is C34H33FN7O4PS2. The van der Waals surface area contributed by atoms with Crippen LogP contribution in [0.25, 0.3) is 10.2 Å². The minimum absolute atomic E-state index is 0.0631.